The summed E-state index contributed by atoms with van der Waals surface area (Å²) in [5.41, 5.74) is -0.713. The zero-order chi connectivity index (χ0) is 13.6. The van der Waals surface area contributed by atoms with Crippen LogP contribution in [0.15, 0.2) is 24.3 Å². The third-order valence-corrected chi connectivity index (χ3v) is 3.50. The third-order valence-electron chi connectivity index (χ3n) is 2.58. The summed E-state index contributed by atoms with van der Waals surface area (Å²) in [4.78, 5) is 0. The van der Waals surface area contributed by atoms with Crippen LogP contribution >= 0.6 is 15.9 Å². The summed E-state index contributed by atoms with van der Waals surface area (Å²) in [6.07, 6.45) is -2.45. The van der Waals surface area contributed by atoms with Crippen molar-refractivity contribution in [2.75, 3.05) is 11.9 Å². The molecular formula is C13H16BrF3O. The van der Waals surface area contributed by atoms with Gasteiger partial charge < -0.3 is 4.74 Å². The maximum atomic E-state index is 12.7. The van der Waals surface area contributed by atoms with Crippen LogP contribution < -0.4 is 4.74 Å². The van der Waals surface area contributed by atoms with Crippen molar-refractivity contribution < 1.29 is 17.9 Å². The van der Waals surface area contributed by atoms with E-state index in [1.54, 1.807) is 6.07 Å². The topological polar surface area (TPSA) is 9.23 Å². The van der Waals surface area contributed by atoms with Crippen LogP contribution in [0.2, 0.25) is 0 Å². The van der Waals surface area contributed by atoms with E-state index in [0.717, 1.165) is 24.2 Å². The molecule has 0 bridgehead atoms. The summed E-state index contributed by atoms with van der Waals surface area (Å²) in [5.74, 6) is 0.142. The number of hydrogen-bond acceptors (Lipinski definition) is 1. The fraction of sp³-hybridized carbons (Fsp3) is 0.538. The molecule has 0 fully saturated rings. The summed E-state index contributed by atoms with van der Waals surface area (Å²) < 4.78 is 43.5. The maximum Gasteiger partial charge on any atom is 0.419 e. The molecular weight excluding hydrogens is 309 g/mol. The molecule has 102 valence electrons. The van der Waals surface area contributed by atoms with Crippen LogP contribution in [0.25, 0.3) is 0 Å². The lowest BCUT2D eigenvalue weighted by molar-refractivity contribution is -0.139. The van der Waals surface area contributed by atoms with E-state index >= 15 is 0 Å². The highest BCUT2D eigenvalue weighted by Crippen LogP contribution is 2.36. The van der Waals surface area contributed by atoms with Crippen molar-refractivity contribution in [3.05, 3.63) is 29.8 Å². The van der Waals surface area contributed by atoms with E-state index in [9.17, 15) is 13.2 Å². The molecule has 1 nitrogen and oxygen atoms in total. The van der Waals surface area contributed by atoms with Crippen molar-refractivity contribution in [2.45, 2.75) is 25.9 Å². The first kappa shape index (κ1) is 15.3. The van der Waals surface area contributed by atoms with E-state index in [4.69, 9.17) is 4.74 Å². The zero-order valence-electron chi connectivity index (χ0n) is 10.1. The van der Waals surface area contributed by atoms with Gasteiger partial charge in [-0.2, -0.15) is 13.2 Å². The van der Waals surface area contributed by atoms with Gasteiger partial charge in [0.05, 0.1) is 12.2 Å². The van der Waals surface area contributed by atoms with Gasteiger partial charge in [-0.1, -0.05) is 41.4 Å². The predicted molar refractivity (Wildman–Crippen MR) is 69.1 cm³/mol. The van der Waals surface area contributed by atoms with Gasteiger partial charge in [-0.3, -0.25) is 0 Å². The maximum absolute atomic E-state index is 12.7. The Kier molecular flexibility index (Phi) is 5.99. The second kappa shape index (κ2) is 7.02. The molecule has 18 heavy (non-hydrogen) atoms. The minimum absolute atomic E-state index is 0.0907. The van der Waals surface area contributed by atoms with Gasteiger partial charge in [-0.05, 0) is 18.6 Å². The molecule has 0 aliphatic heterocycles. The number of halogens is 4. The molecule has 1 aromatic rings. The number of hydrogen-bond donors (Lipinski definition) is 0. The molecule has 0 heterocycles. The molecule has 1 rings (SSSR count). The molecule has 1 unspecified atom stereocenters. The molecule has 0 aliphatic carbocycles. The summed E-state index contributed by atoms with van der Waals surface area (Å²) in [7, 11) is 0. The van der Waals surface area contributed by atoms with Crippen molar-refractivity contribution in [1.82, 2.24) is 0 Å². The highest BCUT2D eigenvalue weighted by molar-refractivity contribution is 9.09. The van der Waals surface area contributed by atoms with E-state index in [2.05, 4.69) is 15.9 Å². The molecule has 0 spiro atoms. The van der Waals surface area contributed by atoms with Gasteiger partial charge in [0.25, 0.3) is 0 Å². The Morgan fingerprint density at radius 1 is 1.28 bits per heavy atom. The highest BCUT2D eigenvalue weighted by Gasteiger charge is 2.34. The van der Waals surface area contributed by atoms with E-state index in [1.165, 1.54) is 12.1 Å². The number of ether oxygens (including phenoxy) is 1. The average molecular weight is 325 g/mol. The Morgan fingerprint density at radius 3 is 2.50 bits per heavy atom. The number of para-hydroxylation sites is 1. The lowest BCUT2D eigenvalue weighted by atomic mass is 10.1. The smallest absolute Gasteiger partial charge is 0.419 e. The first-order valence-corrected chi connectivity index (χ1v) is 6.96. The third kappa shape index (κ3) is 4.52. The molecule has 1 aromatic carbocycles. The van der Waals surface area contributed by atoms with Crippen molar-refractivity contribution in [2.24, 2.45) is 5.92 Å². The first-order chi connectivity index (χ1) is 8.49. The van der Waals surface area contributed by atoms with Crippen LogP contribution in [0, 0.1) is 5.92 Å². The number of rotatable bonds is 6. The molecule has 0 aromatic heterocycles. The van der Waals surface area contributed by atoms with Crippen molar-refractivity contribution >= 4 is 15.9 Å². The monoisotopic (exact) mass is 324 g/mol. The fourth-order valence-corrected chi connectivity index (χ4v) is 2.16. The van der Waals surface area contributed by atoms with Gasteiger partial charge in [0, 0.05) is 11.2 Å². The summed E-state index contributed by atoms with van der Waals surface area (Å²) >= 11 is 3.35. The van der Waals surface area contributed by atoms with Gasteiger partial charge in [0.15, 0.2) is 0 Å². The Labute approximate surface area is 113 Å². The van der Waals surface area contributed by atoms with Gasteiger partial charge in [-0.25, -0.2) is 0 Å². The molecule has 5 heteroatoms. The van der Waals surface area contributed by atoms with Crippen LogP contribution in [0.4, 0.5) is 13.2 Å². The lowest BCUT2D eigenvalue weighted by Crippen LogP contribution is -2.16. The van der Waals surface area contributed by atoms with Gasteiger partial charge in [0.2, 0.25) is 0 Å². The fourth-order valence-electron chi connectivity index (χ4n) is 1.65. The summed E-state index contributed by atoms with van der Waals surface area (Å²) in [6.45, 7) is 2.34. The van der Waals surface area contributed by atoms with Crippen LogP contribution in [0.5, 0.6) is 5.75 Å². The number of benzene rings is 1. The minimum atomic E-state index is -4.37. The molecule has 0 saturated carbocycles. The predicted octanol–water partition coefficient (Wildman–Crippen LogP) is 4.90. The second-order valence-corrected chi connectivity index (χ2v) is 4.76. The molecule has 0 amide bonds. The average Bonchev–Trinajstić information content (AvgIpc) is 2.33. The Hall–Kier alpha value is -0.710. The lowest BCUT2D eigenvalue weighted by Gasteiger charge is -2.17. The summed E-state index contributed by atoms with van der Waals surface area (Å²) in [6, 6.07) is 5.32. The normalized spacial score (nSPS) is 13.4. The van der Waals surface area contributed by atoms with Crippen LogP contribution in [0.3, 0.4) is 0 Å². The van der Waals surface area contributed by atoms with Gasteiger partial charge in [-0.15, -0.1) is 0 Å². The van der Waals surface area contributed by atoms with Gasteiger partial charge in [0.1, 0.15) is 5.75 Å². The van der Waals surface area contributed by atoms with Crippen molar-refractivity contribution in [3.8, 4) is 5.75 Å². The van der Waals surface area contributed by atoms with E-state index in [1.807, 2.05) is 6.92 Å². The molecule has 1 atom stereocenters. The quantitative estimate of drug-likeness (QED) is 0.676. The van der Waals surface area contributed by atoms with E-state index in [0.29, 0.717) is 6.61 Å². The van der Waals surface area contributed by atoms with E-state index < -0.39 is 11.7 Å². The van der Waals surface area contributed by atoms with Crippen LogP contribution in [-0.2, 0) is 6.18 Å². The van der Waals surface area contributed by atoms with Crippen LogP contribution in [-0.4, -0.2) is 11.9 Å². The minimum Gasteiger partial charge on any atom is -0.493 e. The highest BCUT2D eigenvalue weighted by atomic mass is 79.9. The molecule has 0 saturated heterocycles. The first-order valence-electron chi connectivity index (χ1n) is 5.84. The molecule has 0 aliphatic rings. The Morgan fingerprint density at radius 2 is 1.94 bits per heavy atom. The van der Waals surface area contributed by atoms with Crippen molar-refractivity contribution in [1.29, 1.82) is 0 Å². The standard InChI is InChI=1S/C13H16BrF3O/c1-2-5-10(8-14)9-18-12-7-4-3-6-11(12)13(15,16)17/h3-4,6-7,10H,2,5,8-9H2,1H3. The van der Waals surface area contributed by atoms with Gasteiger partial charge >= 0.3 is 6.18 Å². The van der Waals surface area contributed by atoms with E-state index in [-0.39, 0.29) is 11.7 Å². The van der Waals surface area contributed by atoms with Crippen molar-refractivity contribution in [3.63, 3.8) is 0 Å². The zero-order valence-corrected chi connectivity index (χ0v) is 11.7. The van der Waals surface area contributed by atoms with Crippen LogP contribution in [0.1, 0.15) is 25.3 Å². The molecule has 0 N–H and O–H groups in total. The second-order valence-electron chi connectivity index (χ2n) is 4.11. The SMILES string of the molecule is CCCC(CBr)COc1ccccc1C(F)(F)F. The Bertz CT molecular complexity index is 365. The molecule has 0 radical (unpaired) electrons. The summed E-state index contributed by atoms with van der Waals surface area (Å²) in [5, 5.41) is 0.731. The largest absolute Gasteiger partial charge is 0.493 e. The Balaban J connectivity index is 2.73. The number of alkyl halides is 4.